The lowest BCUT2D eigenvalue weighted by molar-refractivity contribution is -0.117. The second-order valence-electron chi connectivity index (χ2n) is 7.17. The van der Waals surface area contributed by atoms with Crippen LogP contribution in [0.2, 0.25) is 0 Å². The fourth-order valence-corrected chi connectivity index (χ4v) is 3.44. The zero-order valence-electron chi connectivity index (χ0n) is 17.5. The number of hydrogen-bond donors (Lipinski definition) is 2. The van der Waals surface area contributed by atoms with Crippen molar-refractivity contribution in [3.8, 4) is 5.82 Å². The van der Waals surface area contributed by atoms with E-state index in [1.54, 1.807) is 6.20 Å². The van der Waals surface area contributed by atoms with Crippen molar-refractivity contribution in [1.29, 1.82) is 0 Å². The van der Waals surface area contributed by atoms with Gasteiger partial charge >= 0.3 is 0 Å². The van der Waals surface area contributed by atoms with E-state index in [2.05, 4.69) is 25.6 Å². The third-order valence-corrected chi connectivity index (χ3v) is 5.08. The molecule has 0 spiro atoms. The molecule has 0 unspecified atom stereocenters. The Balaban J connectivity index is 1.43. The topological polar surface area (TPSA) is 84.7 Å². The van der Waals surface area contributed by atoms with Crippen LogP contribution in [0.15, 0.2) is 79.4 Å². The van der Waals surface area contributed by atoms with Crippen molar-refractivity contribution < 1.29 is 4.79 Å². The summed E-state index contributed by atoms with van der Waals surface area (Å²) in [5.74, 6) is 2.08. The molecule has 7 heteroatoms. The van der Waals surface area contributed by atoms with E-state index >= 15 is 0 Å². The summed E-state index contributed by atoms with van der Waals surface area (Å²) in [6.45, 7) is 3.94. The molecule has 1 amide bonds. The van der Waals surface area contributed by atoms with Crippen LogP contribution in [0.4, 0.5) is 17.2 Å². The number of aromatic nitrogens is 4. The molecule has 4 aromatic rings. The minimum Gasteiger partial charge on any atom is -0.340 e. The predicted octanol–water partition coefficient (Wildman–Crippen LogP) is 4.85. The summed E-state index contributed by atoms with van der Waals surface area (Å²) < 4.78 is 1.89. The van der Waals surface area contributed by atoms with Gasteiger partial charge in [-0.15, -0.1) is 0 Å². The van der Waals surface area contributed by atoms with Crippen LogP contribution >= 0.6 is 0 Å². The van der Waals surface area contributed by atoms with Gasteiger partial charge in [-0.1, -0.05) is 37.3 Å². The summed E-state index contributed by atoms with van der Waals surface area (Å²) in [6, 6.07) is 19.3. The van der Waals surface area contributed by atoms with Gasteiger partial charge in [0.25, 0.3) is 0 Å². The number of benzene rings is 2. The number of carbonyl (C=O) groups is 1. The van der Waals surface area contributed by atoms with E-state index in [0.717, 1.165) is 35.0 Å². The van der Waals surface area contributed by atoms with Crippen LogP contribution in [-0.4, -0.2) is 25.4 Å². The zero-order valence-corrected chi connectivity index (χ0v) is 17.5. The Morgan fingerprint density at radius 1 is 1.00 bits per heavy atom. The standard InChI is InChI=1S/C24H24N6O/c1-3-21(18-7-5-4-6-8-18)24(31)29-20-11-9-19(10-12-20)28-22-15-23(27-16-26-22)30-14-13-25-17(30)2/h4-16,21H,3H2,1-2H3,(H,29,31)(H,26,27,28)/t21-/m1/s1. The number of carbonyl (C=O) groups excluding carboxylic acids is 1. The fourth-order valence-electron chi connectivity index (χ4n) is 3.44. The van der Waals surface area contributed by atoms with Crippen molar-refractivity contribution in [2.45, 2.75) is 26.2 Å². The maximum absolute atomic E-state index is 12.7. The van der Waals surface area contributed by atoms with Crippen molar-refractivity contribution in [2.24, 2.45) is 0 Å². The number of nitrogens with one attached hydrogen (secondary N) is 2. The molecule has 2 N–H and O–H groups in total. The first-order chi connectivity index (χ1) is 15.1. The third kappa shape index (κ3) is 4.78. The summed E-state index contributed by atoms with van der Waals surface area (Å²) in [6.07, 6.45) is 5.85. The first-order valence-corrected chi connectivity index (χ1v) is 10.2. The Bertz CT molecular complexity index is 1150. The second-order valence-corrected chi connectivity index (χ2v) is 7.17. The lowest BCUT2D eigenvalue weighted by Gasteiger charge is -2.16. The molecule has 0 aliphatic carbocycles. The van der Waals surface area contributed by atoms with Gasteiger partial charge in [0.15, 0.2) is 0 Å². The number of aryl methyl sites for hydroxylation is 1. The summed E-state index contributed by atoms with van der Waals surface area (Å²) in [7, 11) is 0. The van der Waals surface area contributed by atoms with Crippen LogP contribution < -0.4 is 10.6 Å². The van der Waals surface area contributed by atoms with Gasteiger partial charge in [0, 0.05) is 29.8 Å². The lowest BCUT2D eigenvalue weighted by atomic mass is 9.95. The predicted molar refractivity (Wildman–Crippen MR) is 122 cm³/mol. The average molecular weight is 412 g/mol. The Hall–Kier alpha value is -4.00. The van der Waals surface area contributed by atoms with Gasteiger partial charge in [-0.25, -0.2) is 15.0 Å². The normalized spacial score (nSPS) is 11.7. The smallest absolute Gasteiger partial charge is 0.231 e. The van der Waals surface area contributed by atoms with Crippen molar-refractivity contribution in [3.05, 3.63) is 90.8 Å². The molecule has 0 radical (unpaired) electrons. The van der Waals surface area contributed by atoms with E-state index in [1.165, 1.54) is 6.33 Å². The van der Waals surface area contributed by atoms with Crippen molar-refractivity contribution in [2.75, 3.05) is 10.6 Å². The van der Waals surface area contributed by atoms with Gasteiger partial charge in [-0.3, -0.25) is 9.36 Å². The molecular formula is C24H24N6O. The van der Waals surface area contributed by atoms with Crippen LogP contribution in [0.3, 0.4) is 0 Å². The van der Waals surface area contributed by atoms with Crippen molar-refractivity contribution in [1.82, 2.24) is 19.5 Å². The third-order valence-electron chi connectivity index (χ3n) is 5.08. The zero-order chi connectivity index (χ0) is 21.6. The van der Waals surface area contributed by atoms with E-state index in [0.29, 0.717) is 5.82 Å². The number of hydrogen-bond acceptors (Lipinski definition) is 5. The molecule has 0 aliphatic rings. The van der Waals surface area contributed by atoms with Gasteiger partial charge < -0.3 is 10.6 Å². The van der Waals surface area contributed by atoms with E-state index in [-0.39, 0.29) is 11.8 Å². The van der Waals surface area contributed by atoms with Crippen LogP contribution in [0.25, 0.3) is 5.82 Å². The Morgan fingerprint density at radius 2 is 1.74 bits per heavy atom. The van der Waals surface area contributed by atoms with E-state index in [4.69, 9.17) is 0 Å². The monoisotopic (exact) mass is 412 g/mol. The molecule has 2 aromatic carbocycles. The van der Waals surface area contributed by atoms with E-state index < -0.39 is 0 Å². The molecule has 0 bridgehead atoms. The van der Waals surface area contributed by atoms with Crippen LogP contribution in [0.5, 0.6) is 0 Å². The fraction of sp³-hybridized carbons (Fsp3) is 0.167. The molecule has 7 nitrogen and oxygen atoms in total. The summed E-state index contributed by atoms with van der Waals surface area (Å²) in [5, 5.41) is 6.28. The molecule has 0 saturated carbocycles. The average Bonchev–Trinajstić information content (AvgIpc) is 3.22. The maximum atomic E-state index is 12.7. The summed E-state index contributed by atoms with van der Waals surface area (Å²) in [5.41, 5.74) is 2.64. The Kier molecular flexibility index (Phi) is 6.03. The van der Waals surface area contributed by atoms with Gasteiger partial charge in [0.2, 0.25) is 5.91 Å². The molecule has 2 heterocycles. The van der Waals surface area contributed by atoms with Crippen molar-refractivity contribution >= 4 is 23.1 Å². The molecule has 0 fully saturated rings. The van der Waals surface area contributed by atoms with E-state index in [9.17, 15) is 4.79 Å². The van der Waals surface area contributed by atoms with Crippen LogP contribution in [0, 0.1) is 6.92 Å². The number of rotatable bonds is 7. The molecule has 0 aliphatic heterocycles. The highest BCUT2D eigenvalue weighted by Gasteiger charge is 2.18. The molecule has 4 rings (SSSR count). The van der Waals surface area contributed by atoms with E-state index in [1.807, 2.05) is 85.3 Å². The van der Waals surface area contributed by atoms with Crippen LogP contribution in [0.1, 0.15) is 30.7 Å². The number of nitrogens with zero attached hydrogens (tertiary/aromatic N) is 4. The van der Waals surface area contributed by atoms with Gasteiger partial charge in [0.1, 0.15) is 23.8 Å². The molecule has 0 saturated heterocycles. The highest BCUT2D eigenvalue weighted by molar-refractivity contribution is 5.96. The first-order valence-electron chi connectivity index (χ1n) is 10.2. The highest BCUT2D eigenvalue weighted by Crippen LogP contribution is 2.23. The molecule has 31 heavy (non-hydrogen) atoms. The maximum Gasteiger partial charge on any atom is 0.231 e. The largest absolute Gasteiger partial charge is 0.340 e. The lowest BCUT2D eigenvalue weighted by Crippen LogP contribution is -2.20. The number of amides is 1. The van der Waals surface area contributed by atoms with Gasteiger partial charge in [0.05, 0.1) is 5.92 Å². The molecule has 2 aromatic heterocycles. The first kappa shape index (κ1) is 20.3. The summed E-state index contributed by atoms with van der Waals surface area (Å²) in [4.78, 5) is 25.6. The number of anilines is 3. The number of imidazole rings is 1. The quantitative estimate of drug-likeness (QED) is 0.453. The van der Waals surface area contributed by atoms with Gasteiger partial charge in [-0.2, -0.15) is 0 Å². The molecule has 1 atom stereocenters. The van der Waals surface area contributed by atoms with Gasteiger partial charge in [-0.05, 0) is 43.2 Å². The Morgan fingerprint density at radius 3 is 2.42 bits per heavy atom. The summed E-state index contributed by atoms with van der Waals surface area (Å²) >= 11 is 0. The van der Waals surface area contributed by atoms with Crippen LogP contribution in [-0.2, 0) is 4.79 Å². The molecular weight excluding hydrogens is 388 g/mol. The molecule has 156 valence electrons. The minimum atomic E-state index is -0.176. The highest BCUT2D eigenvalue weighted by atomic mass is 16.1. The second kappa shape index (κ2) is 9.21. The minimum absolute atomic E-state index is 0.00875. The SMILES string of the molecule is CC[C@@H](C(=O)Nc1ccc(Nc2cc(-n3ccnc3C)ncn2)cc1)c1ccccc1. The Labute approximate surface area is 181 Å². The van der Waals surface area contributed by atoms with Crippen molar-refractivity contribution in [3.63, 3.8) is 0 Å².